The number of benzene rings is 2. The van der Waals surface area contributed by atoms with Gasteiger partial charge in [0.25, 0.3) is 0 Å². The first kappa shape index (κ1) is 22.5. The Balaban J connectivity index is 1.58. The zero-order chi connectivity index (χ0) is 23.8. The average molecular weight is 456 g/mol. The minimum Gasteiger partial charge on any atom is -0.323 e. The first-order valence-electron chi connectivity index (χ1n) is 12.3. The van der Waals surface area contributed by atoms with E-state index >= 15 is 0 Å². The molecule has 0 unspecified atom stereocenters. The maximum Gasteiger partial charge on any atom is 0.221 e. The Morgan fingerprint density at radius 3 is 2.56 bits per heavy atom. The van der Waals surface area contributed by atoms with Gasteiger partial charge in [-0.1, -0.05) is 44.5 Å². The second-order valence-electron chi connectivity index (χ2n) is 9.83. The lowest BCUT2D eigenvalue weighted by Crippen LogP contribution is -2.29. The fourth-order valence-electron chi connectivity index (χ4n) is 5.19. The largest absolute Gasteiger partial charge is 0.323 e. The molecule has 0 aliphatic carbocycles. The third kappa shape index (κ3) is 4.30. The van der Waals surface area contributed by atoms with Gasteiger partial charge in [-0.3, -0.25) is 14.1 Å². The number of likely N-dealkylation sites (tertiary alicyclic amines) is 1. The van der Waals surface area contributed by atoms with E-state index in [9.17, 15) is 4.79 Å². The molecule has 0 bridgehead atoms. The van der Waals surface area contributed by atoms with Crippen LogP contribution in [0.4, 0.5) is 5.69 Å². The number of nitrogens with zero attached hydrogens (tertiary/aromatic N) is 4. The number of hydrogen-bond acceptors (Lipinski definition) is 4. The summed E-state index contributed by atoms with van der Waals surface area (Å²) in [6.45, 7) is 11.4. The van der Waals surface area contributed by atoms with Crippen LogP contribution >= 0.6 is 0 Å². The lowest BCUT2D eigenvalue weighted by atomic mass is 9.90. The van der Waals surface area contributed by atoms with Crippen LogP contribution in [0.5, 0.6) is 0 Å². The molecule has 0 spiro atoms. The number of rotatable bonds is 5. The second kappa shape index (κ2) is 9.18. The molecule has 176 valence electrons. The lowest BCUT2D eigenvalue weighted by molar-refractivity contribution is -0.114. The van der Waals surface area contributed by atoms with Gasteiger partial charge in [-0.15, -0.1) is 10.2 Å². The van der Waals surface area contributed by atoms with Gasteiger partial charge in [0.2, 0.25) is 5.91 Å². The smallest absolute Gasteiger partial charge is 0.221 e. The van der Waals surface area contributed by atoms with Crippen molar-refractivity contribution < 1.29 is 4.79 Å². The van der Waals surface area contributed by atoms with Crippen LogP contribution in [-0.4, -0.2) is 38.5 Å². The van der Waals surface area contributed by atoms with Gasteiger partial charge in [-0.05, 0) is 79.2 Å². The number of carbonyl (C=O) groups excluding carboxylic acids is 1. The molecule has 0 radical (unpaired) electrons. The van der Waals surface area contributed by atoms with Crippen molar-refractivity contribution in [3.63, 3.8) is 0 Å². The molecule has 0 atom stereocenters. The molecule has 5 rings (SSSR count). The Bertz CT molecular complexity index is 1360. The van der Waals surface area contributed by atoms with Crippen LogP contribution in [0.3, 0.4) is 0 Å². The molecule has 34 heavy (non-hydrogen) atoms. The highest BCUT2D eigenvalue weighted by atomic mass is 16.1. The average Bonchev–Trinajstić information content (AvgIpc) is 3.21. The minimum atomic E-state index is -0.121. The van der Waals surface area contributed by atoms with Gasteiger partial charge in [0.15, 0.2) is 5.65 Å². The molecule has 1 saturated heterocycles. The summed E-state index contributed by atoms with van der Waals surface area (Å²) in [5, 5.41) is 12.5. The molecule has 2 aromatic carbocycles. The molecule has 4 aromatic rings. The van der Waals surface area contributed by atoms with Crippen molar-refractivity contribution in [1.29, 1.82) is 0 Å². The third-order valence-corrected chi connectivity index (χ3v) is 6.85. The van der Waals surface area contributed by atoms with Crippen molar-refractivity contribution in [2.24, 2.45) is 0 Å². The van der Waals surface area contributed by atoms with E-state index in [1.807, 2.05) is 17.4 Å². The highest BCUT2D eigenvalue weighted by molar-refractivity contribution is 5.98. The number of amides is 1. The Hall–Kier alpha value is -3.25. The molecule has 0 saturated carbocycles. The summed E-state index contributed by atoms with van der Waals surface area (Å²) >= 11 is 0. The number of aryl methyl sites for hydroxylation is 1. The Kier molecular flexibility index (Phi) is 6.09. The van der Waals surface area contributed by atoms with Gasteiger partial charge in [-0.25, -0.2) is 0 Å². The highest BCUT2D eigenvalue weighted by Gasteiger charge is 2.16. The van der Waals surface area contributed by atoms with Crippen molar-refractivity contribution >= 4 is 28.1 Å². The number of aromatic nitrogens is 3. The first-order valence-corrected chi connectivity index (χ1v) is 12.3. The van der Waals surface area contributed by atoms with Crippen molar-refractivity contribution in [3.05, 3.63) is 59.4 Å². The zero-order valence-electron chi connectivity index (χ0n) is 20.6. The number of pyridine rings is 1. The molecule has 2 aromatic heterocycles. The molecular formula is C28H33N5O. The molecule has 3 heterocycles. The van der Waals surface area contributed by atoms with Crippen molar-refractivity contribution in [1.82, 2.24) is 19.5 Å². The minimum absolute atomic E-state index is 0.121. The molecule has 1 aliphatic heterocycles. The van der Waals surface area contributed by atoms with Crippen LogP contribution in [0.2, 0.25) is 0 Å². The highest BCUT2D eigenvalue weighted by Crippen LogP contribution is 2.34. The predicted octanol–water partition coefficient (Wildman–Crippen LogP) is 5.93. The Labute approximate surface area is 201 Å². The number of fused-ring (bicyclic) bond motifs is 3. The van der Waals surface area contributed by atoms with Crippen molar-refractivity contribution in [2.75, 3.05) is 18.4 Å². The maximum atomic E-state index is 11.8. The van der Waals surface area contributed by atoms with Gasteiger partial charge in [0, 0.05) is 18.9 Å². The SMILES string of the molecule is CC(=O)Nc1cc2cc(-c3ccc(CN4CCCCC4)cc3C(C)C)ccc2n2c(C)nnc12. The number of nitrogens with one attached hydrogen (secondary N) is 1. The van der Waals surface area contributed by atoms with Gasteiger partial charge < -0.3 is 5.32 Å². The van der Waals surface area contributed by atoms with Gasteiger partial charge in [0.05, 0.1) is 11.2 Å². The monoisotopic (exact) mass is 455 g/mol. The van der Waals surface area contributed by atoms with E-state index in [2.05, 4.69) is 70.7 Å². The summed E-state index contributed by atoms with van der Waals surface area (Å²) in [7, 11) is 0. The molecule has 6 nitrogen and oxygen atoms in total. The molecule has 6 heteroatoms. The molecular weight excluding hydrogens is 422 g/mol. The predicted molar refractivity (Wildman–Crippen MR) is 138 cm³/mol. The number of anilines is 1. The van der Waals surface area contributed by atoms with E-state index in [4.69, 9.17) is 0 Å². The first-order chi connectivity index (χ1) is 16.4. The van der Waals surface area contributed by atoms with E-state index in [0.29, 0.717) is 17.3 Å². The second-order valence-corrected chi connectivity index (χ2v) is 9.83. The fourth-order valence-corrected chi connectivity index (χ4v) is 5.19. The summed E-state index contributed by atoms with van der Waals surface area (Å²) in [5.74, 6) is 1.10. The van der Waals surface area contributed by atoms with E-state index in [1.54, 1.807) is 0 Å². The van der Waals surface area contributed by atoms with Crippen LogP contribution in [0.25, 0.3) is 27.7 Å². The number of hydrogen-bond donors (Lipinski definition) is 1. The van der Waals surface area contributed by atoms with Gasteiger partial charge >= 0.3 is 0 Å². The molecule has 1 fully saturated rings. The van der Waals surface area contributed by atoms with Crippen LogP contribution in [0.15, 0.2) is 42.5 Å². The van der Waals surface area contributed by atoms with E-state index in [0.717, 1.165) is 23.3 Å². The van der Waals surface area contributed by atoms with E-state index < -0.39 is 0 Å². The van der Waals surface area contributed by atoms with E-state index in [-0.39, 0.29) is 5.91 Å². The van der Waals surface area contributed by atoms with Crippen LogP contribution in [0, 0.1) is 6.92 Å². The Morgan fingerprint density at radius 2 is 1.82 bits per heavy atom. The summed E-state index contributed by atoms with van der Waals surface area (Å²) in [6.07, 6.45) is 3.98. The van der Waals surface area contributed by atoms with Crippen LogP contribution in [0.1, 0.15) is 62.9 Å². The van der Waals surface area contributed by atoms with Crippen molar-refractivity contribution in [3.8, 4) is 11.1 Å². The van der Waals surface area contributed by atoms with E-state index in [1.165, 1.54) is 61.5 Å². The number of piperidine rings is 1. The maximum absolute atomic E-state index is 11.8. The van der Waals surface area contributed by atoms with Gasteiger partial charge in [0.1, 0.15) is 5.82 Å². The number of carbonyl (C=O) groups is 1. The third-order valence-electron chi connectivity index (χ3n) is 6.85. The van der Waals surface area contributed by atoms with Gasteiger partial charge in [-0.2, -0.15) is 0 Å². The van der Waals surface area contributed by atoms with Crippen LogP contribution < -0.4 is 5.32 Å². The zero-order valence-corrected chi connectivity index (χ0v) is 20.6. The molecule has 1 N–H and O–H groups in total. The summed E-state index contributed by atoms with van der Waals surface area (Å²) < 4.78 is 2.01. The molecule has 1 amide bonds. The topological polar surface area (TPSA) is 62.5 Å². The van der Waals surface area contributed by atoms with Crippen LogP contribution in [-0.2, 0) is 11.3 Å². The lowest BCUT2D eigenvalue weighted by Gasteiger charge is -2.27. The fraction of sp³-hybridized carbons (Fsp3) is 0.393. The summed E-state index contributed by atoms with van der Waals surface area (Å²) in [6, 6.07) is 15.5. The summed E-state index contributed by atoms with van der Waals surface area (Å²) in [4.78, 5) is 14.4. The normalized spacial score (nSPS) is 14.9. The van der Waals surface area contributed by atoms with Crippen molar-refractivity contribution in [2.45, 2.75) is 59.4 Å². The molecule has 1 aliphatic rings. The summed E-state index contributed by atoms with van der Waals surface area (Å²) in [5.41, 5.74) is 7.59. The quantitative estimate of drug-likeness (QED) is 0.405. The standard InChI is InChI=1S/C28H33N5O/c1-18(2)25-14-21(17-32-12-6-5-7-13-32)8-10-24(25)22-9-11-27-23(15-22)16-26(29-20(4)34)28-31-30-19(3)33(27)28/h8-11,14-16,18H,5-7,12-13,17H2,1-4H3,(H,29,34). The Morgan fingerprint density at radius 1 is 1.03 bits per heavy atom.